The van der Waals surface area contributed by atoms with Crippen molar-refractivity contribution in [3.63, 3.8) is 0 Å². The predicted octanol–water partition coefficient (Wildman–Crippen LogP) is 4.38. The van der Waals surface area contributed by atoms with E-state index in [1.54, 1.807) is 0 Å². The Kier molecular flexibility index (Phi) is 4.93. The fourth-order valence-corrected chi connectivity index (χ4v) is 4.14. The van der Waals surface area contributed by atoms with Gasteiger partial charge in [0.15, 0.2) is 0 Å². The van der Waals surface area contributed by atoms with Crippen molar-refractivity contribution >= 4 is 13.6 Å². The molecule has 3 heteroatoms. The number of rotatable bonds is 5. The molecule has 2 aliphatic rings. The van der Waals surface area contributed by atoms with Crippen LogP contribution < -0.4 is 0 Å². The SMILES string of the molecule is BCC1C=CC(C(C2=CCCC=C2)(c2ccccc2)c2cccc(C)n2)=N1. The first kappa shape index (κ1) is 17.7. The monoisotopic (exact) mass is 352 g/mol. The summed E-state index contributed by atoms with van der Waals surface area (Å²) in [4.78, 5) is 10.1. The molecule has 2 nitrogen and oxygen atoms in total. The summed E-state index contributed by atoms with van der Waals surface area (Å²) in [5.74, 6) is 0. The second kappa shape index (κ2) is 7.52. The van der Waals surface area contributed by atoms with E-state index >= 15 is 0 Å². The van der Waals surface area contributed by atoms with Crippen LogP contribution in [0.3, 0.4) is 0 Å². The first-order valence-corrected chi connectivity index (χ1v) is 9.88. The van der Waals surface area contributed by atoms with E-state index < -0.39 is 5.41 Å². The minimum Gasteiger partial charge on any atom is -0.281 e. The van der Waals surface area contributed by atoms with Crippen LogP contribution in [0.2, 0.25) is 6.32 Å². The van der Waals surface area contributed by atoms with Gasteiger partial charge >= 0.3 is 0 Å². The Balaban J connectivity index is 2.05. The van der Waals surface area contributed by atoms with Crippen LogP contribution in [-0.4, -0.2) is 24.6 Å². The maximum absolute atomic E-state index is 5.13. The minimum atomic E-state index is -0.468. The van der Waals surface area contributed by atoms with E-state index in [2.05, 4.69) is 93.7 Å². The molecule has 2 unspecified atom stereocenters. The predicted molar refractivity (Wildman–Crippen MR) is 116 cm³/mol. The van der Waals surface area contributed by atoms with Gasteiger partial charge in [-0.2, -0.15) is 0 Å². The Hall–Kier alpha value is -2.68. The van der Waals surface area contributed by atoms with Gasteiger partial charge < -0.3 is 0 Å². The Labute approximate surface area is 162 Å². The number of benzene rings is 1. The first-order valence-electron chi connectivity index (χ1n) is 9.88. The van der Waals surface area contributed by atoms with Crippen molar-refractivity contribution in [3.05, 3.63) is 101 Å². The standard InChI is InChI=1S/C24H25BN2/c1-18-9-8-14-22(26-18)24(19-10-4-2-5-11-19,20-12-6-3-7-13-20)23-16-15-21(17-25)27-23/h2,4-6,8-16,21H,3,7,17,25H2,1H3. The molecular formula is C24H25BN2. The van der Waals surface area contributed by atoms with Gasteiger partial charge in [0.25, 0.3) is 0 Å². The quantitative estimate of drug-likeness (QED) is 0.733. The zero-order valence-corrected chi connectivity index (χ0v) is 16.1. The Morgan fingerprint density at radius 2 is 1.89 bits per heavy atom. The highest BCUT2D eigenvalue weighted by molar-refractivity contribution is 6.12. The lowest BCUT2D eigenvalue weighted by Gasteiger charge is -2.36. The van der Waals surface area contributed by atoms with Gasteiger partial charge in [-0.05, 0) is 49.1 Å². The summed E-state index contributed by atoms with van der Waals surface area (Å²) in [6.07, 6.45) is 14.5. The van der Waals surface area contributed by atoms with E-state index in [1.807, 2.05) is 0 Å². The number of hydrogen-bond donors (Lipinski definition) is 0. The molecule has 0 spiro atoms. The van der Waals surface area contributed by atoms with E-state index in [0.29, 0.717) is 0 Å². The zero-order valence-electron chi connectivity index (χ0n) is 16.1. The lowest BCUT2D eigenvalue weighted by atomic mass is 9.66. The average Bonchev–Trinajstić information content (AvgIpc) is 3.20. The molecule has 0 N–H and O–H groups in total. The highest BCUT2D eigenvalue weighted by Crippen LogP contribution is 2.43. The molecule has 0 bridgehead atoms. The van der Waals surface area contributed by atoms with E-state index in [4.69, 9.17) is 9.98 Å². The minimum absolute atomic E-state index is 0.251. The molecule has 1 aliphatic heterocycles. The van der Waals surface area contributed by atoms with Crippen LogP contribution in [-0.2, 0) is 5.41 Å². The van der Waals surface area contributed by atoms with Crippen molar-refractivity contribution in [1.29, 1.82) is 0 Å². The Morgan fingerprint density at radius 3 is 2.56 bits per heavy atom. The van der Waals surface area contributed by atoms with Crippen LogP contribution in [0.1, 0.15) is 29.8 Å². The van der Waals surface area contributed by atoms with Gasteiger partial charge in [0.2, 0.25) is 0 Å². The molecule has 0 radical (unpaired) electrons. The van der Waals surface area contributed by atoms with Crippen LogP contribution in [0.5, 0.6) is 0 Å². The number of aliphatic imine (C=N–C) groups is 1. The van der Waals surface area contributed by atoms with Crippen molar-refractivity contribution in [2.24, 2.45) is 4.99 Å². The Morgan fingerprint density at radius 1 is 1.04 bits per heavy atom. The Bertz CT molecular complexity index is 940. The third-order valence-electron chi connectivity index (χ3n) is 5.49. The van der Waals surface area contributed by atoms with Gasteiger partial charge in [-0.25, -0.2) is 0 Å². The van der Waals surface area contributed by atoms with Crippen LogP contribution in [0, 0.1) is 6.92 Å². The topological polar surface area (TPSA) is 25.2 Å². The highest BCUT2D eigenvalue weighted by Gasteiger charge is 2.44. The lowest BCUT2D eigenvalue weighted by molar-refractivity contribution is 0.763. The largest absolute Gasteiger partial charge is 0.281 e. The molecule has 27 heavy (non-hydrogen) atoms. The average molecular weight is 352 g/mol. The molecule has 0 saturated heterocycles. The van der Waals surface area contributed by atoms with Gasteiger partial charge in [-0.1, -0.05) is 67.0 Å². The molecule has 2 heterocycles. The molecular weight excluding hydrogens is 327 g/mol. The zero-order chi connectivity index (χ0) is 18.7. The van der Waals surface area contributed by atoms with Gasteiger partial charge in [0.1, 0.15) is 13.3 Å². The van der Waals surface area contributed by atoms with E-state index in [1.165, 1.54) is 11.1 Å². The van der Waals surface area contributed by atoms with Gasteiger partial charge in [-0.3, -0.25) is 9.98 Å². The van der Waals surface area contributed by atoms with Crippen molar-refractivity contribution in [2.75, 3.05) is 0 Å². The molecule has 0 fully saturated rings. The van der Waals surface area contributed by atoms with Gasteiger partial charge in [0, 0.05) is 5.69 Å². The third-order valence-corrected chi connectivity index (χ3v) is 5.49. The third kappa shape index (κ3) is 3.12. The van der Waals surface area contributed by atoms with Gasteiger partial charge in [-0.15, -0.1) is 0 Å². The van der Waals surface area contributed by atoms with E-state index in [-0.39, 0.29) is 6.04 Å². The van der Waals surface area contributed by atoms with Crippen molar-refractivity contribution < 1.29 is 0 Å². The van der Waals surface area contributed by atoms with Crippen LogP contribution in [0.15, 0.2) is 89.5 Å². The summed E-state index contributed by atoms with van der Waals surface area (Å²) in [6, 6.07) is 17.3. The van der Waals surface area contributed by atoms with Crippen LogP contribution >= 0.6 is 0 Å². The smallest absolute Gasteiger partial charge is 0.104 e. The first-order chi connectivity index (χ1) is 13.2. The molecule has 4 rings (SSSR count). The van der Waals surface area contributed by atoms with E-state index in [0.717, 1.165) is 36.3 Å². The number of allylic oxidation sites excluding steroid dienone is 5. The lowest BCUT2D eigenvalue weighted by Crippen LogP contribution is -2.39. The molecule has 2 aromatic rings. The molecule has 1 aromatic carbocycles. The summed E-state index contributed by atoms with van der Waals surface area (Å²) in [5.41, 5.74) is 5.20. The normalized spacial score (nSPS) is 20.9. The second-order valence-corrected chi connectivity index (χ2v) is 7.27. The molecule has 134 valence electrons. The highest BCUT2D eigenvalue weighted by atomic mass is 14.9. The summed E-state index contributed by atoms with van der Waals surface area (Å²) in [7, 11) is 2.19. The summed E-state index contributed by atoms with van der Waals surface area (Å²) in [5, 5.41) is 0. The summed E-state index contributed by atoms with van der Waals surface area (Å²) >= 11 is 0. The van der Waals surface area contributed by atoms with Crippen molar-refractivity contribution in [3.8, 4) is 0 Å². The molecule has 1 aliphatic carbocycles. The molecule has 1 aromatic heterocycles. The summed E-state index contributed by atoms with van der Waals surface area (Å²) < 4.78 is 0. The number of aryl methyl sites for hydroxylation is 1. The van der Waals surface area contributed by atoms with E-state index in [9.17, 15) is 0 Å². The molecule has 0 amide bonds. The second-order valence-electron chi connectivity index (χ2n) is 7.27. The van der Waals surface area contributed by atoms with Crippen molar-refractivity contribution in [1.82, 2.24) is 4.98 Å². The fourth-order valence-electron chi connectivity index (χ4n) is 4.14. The maximum atomic E-state index is 5.13. The summed E-state index contributed by atoms with van der Waals surface area (Å²) in [6.45, 7) is 2.06. The number of aromatic nitrogens is 1. The number of hydrogen-bond acceptors (Lipinski definition) is 2. The number of pyridine rings is 1. The van der Waals surface area contributed by atoms with Crippen LogP contribution in [0.25, 0.3) is 0 Å². The van der Waals surface area contributed by atoms with Crippen molar-refractivity contribution in [2.45, 2.75) is 37.5 Å². The fraction of sp³-hybridized carbons (Fsp3) is 0.250. The molecule has 0 saturated carbocycles. The molecule has 2 atom stereocenters. The number of nitrogens with zero attached hydrogens (tertiary/aromatic N) is 2. The maximum Gasteiger partial charge on any atom is 0.104 e. The van der Waals surface area contributed by atoms with Gasteiger partial charge in [0.05, 0.1) is 17.4 Å². The van der Waals surface area contributed by atoms with Crippen LogP contribution in [0.4, 0.5) is 0 Å².